The lowest BCUT2D eigenvalue weighted by molar-refractivity contribution is 0.0376. The van der Waals surface area contributed by atoms with E-state index in [-0.39, 0.29) is 12.1 Å². The first-order valence-corrected chi connectivity index (χ1v) is 6.40. The minimum absolute atomic E-state index is 0.221. The molecule has 0 aliphatic rings. The van der Waals surface area contributed by atoms with Crippen molar-refractivity contribution in [3.8, 4) is 0 Å². The van der Waals surface area contributed by atoms with E-state index < -0.39 is 0 Å². The first-order chi connectivity index (χ1) is 8.77. The third kappa shape index (κ3) is 5.03. The minimum Gasteiger partial charge on any atom is -0.454 e. The van der Waals surface area contributed by atoms with Crippen molar-refractivity contribution in [1.82, 2.24) is 0 Å². The Labute approximate surface area is 109 Å². The molecule has 0 radical (unpaired) electrons. The third-order valence-electron chi connectivity index (χ3n) is 2.66. The lowest BCUT2D eigenvalue weighted by Gasteiger charge is -2.13. The van der Waals surface area contributed by atoms with Gasteiger partial charge in [0.15, 0.2) is 0 Å². The topological polar surface area (TPSA) is 26.3 Å². The summed E-state index contributed by atoms with van der Waals surface area (Å²) in [6.45, 7) is 5.68. The molecule has 1 rings (SSSR count). The van der Waals surface area contributed by atoms with Crippen molar-refractivity contribution < 1.29 is 9.53 Å². The molecule has 0 bridgehead atoms. The van der Waals surface area contributed by atoms with Crippen molar-refractivity contribution in [2.24, 2.45) is 0 Å². The summed E-state index contributed by atoms with van der Waals surface area (Å²) < 4.78 is 5.43. The summed E-state index contributed by atoms with van der Waals surface area (Å²) in [6, 6.07) is 9.03. The molecule has 0 spiro atoms. The van der Waals surface area contributed by atoms with Crippen LogP contribution in [0.25, 0.3) is 0 Å². The van der Waals surface area contributed by atoms with E-state index in [0.717, 1.165) is 25.7 Å². The van der Waals surface area contributed by atoms with E-state index in [0.29, 0.717) is 5.56 Å². The smallest absolute Gasteiger partial charge is 0.338 e. The fraction of sp³-hybridized carbons (Fsp3) is 0.375. The highest BCUT2D eigenvalue weighted by Crippen LogP contribution is 2.11. The van der Waals surface area contributed by atoms with Crippen molar-refractivity contribution in [2.75, 3.05) is 0 Å². The van der Waals surface area contributed by atoms with Gasteiger partial charge in [0.2, 0.25) is 0 Å². The predicted octanol–water partition coefficient (Wildman–Crippen LogP) is 4.13. The lowest BCUT2D eigenvalue weighted by Crippen LogP contribution is -2.16. The zero-order valence-corrected chi connectivity index (χ0v) is 10.9. The summed E-state index contributed by atoms with van der Waals surface area (Å²) in [6.07, 6.45) is 5.66. The molecule has 96 valence electrons. The first kappa shape index (κ1) is 14.3. The fourth-order valence-electron chi connectivity index (χ4n) is 1.68. The molecule has 2 heteroatoms. The molecule has 0 saturated heterocycles. The van der Waals surface area contributed by atoms with Crippen LogP contribution in [0, 0.1) is 0 Å². The van der Waals surface area contributed by atoms with Gasteiger partial charge in [-0.15, -0.1) is 5.73 Å². The molecule has 0 aliphatic heterocycles. The van der Waals surface area contributed by atoms with Crippen molar-refractivity contribution in [3.05, 3.63) is 54.3 Å². The van der Waals surface area contributed by atoms with E-state index in [2.05, 4.69) is 19.2 Å². The van der Waals surface area contributed by atoms with Crippen LogP contribution in [-0.2, 0) is 4.74 Å². The molecule has 0 aromatic heterocycles. The van der Waals surface area contributed by atoms with Gasteiger partial charge in [0.05, 0.1) is 5.56 Å². The van der Waals surface area contributed by atoms with E-state index in [9.17, 15) is 4.79 Å². The summed E-state index contributed by atoms with van der Waals surface area (Å²) >= 11 is 0. The molecule has 2 nitrogen and oxygen atoms in total. The monoisotopic (exact) mass is 244 g/mol. The van der Waals surface area contributed by atoms with Crippen LogP contribution < -0.4 is 0 Å². The second-order valence-corrected chi connectivity index (χ2v) is 4.18. The lowest BCUT2D eigenvalue weighted by atomic mass is 10.1. The molecule has 0 N–H and O–H groups in total. The average molecular weight is 244 g/mol. The zero-order chi connectivity index (χ0) is 13.2. The van der Waals surface area contributed by atoms with Crippen LogP contribution in [0.2, 0.25) is 0 Å². The number of esters is 1. The highest BCUT2D eigenvalue weighted by atomic mass is 16.5. The normalized spacial score (nSPS) is 11.4. The van der Waals surface area contributed by atoms with E-state index in [1.807, 2.05) is 18.2 Å². The number of rotatable bonds is 7. The van der Waals surface area contributed by atoms with Gasteiger partial charge >= 0.3 is 5.97 Å². The highest BCUT2D eigenvalue weighted by molar-refractivity contribution is 5.89. The quantitative estimate of drug-likeness (QED) is 0.409. The molecular weight excluding hydrogens is 224 g/mol. The van der Waals surface area contributed by atoms with Gasteiger partial charge in [0.1, 0.15) is 6.10 Å². The molecular formula is C16H20O2. The van der Waals surface area contributed by atoms with E-state index >= 15 is 0 Å². The maximum Gasteiger partial charge on any atom is 0.338 e. The molecule has 1 atom stereocenters. The Hall–Kier alpha value is -1.79. The van der Waals surface area contributed by atoms with E-state index in [1.54, 1.807) is 18.2 Å². The van der Waals surface area contributed by atoms with E-state index in [4.69, 9.17) is 4.74 Å². The van der Waals surface area contributed by atoms with E-state index in [1.165, 1.54) is 0 Å². The summed E-state index contributed by atoms with van der Waals surface area (Å²) in [4.78, 5) is 11.9. The van der Waals surface area contributed by atoms with Gasteiger partial charge in [-0.3, -0.25) is 0 Å². The van der Waals surface area contributed by atoms with Crippen LogP contribution in [0.1, 0.15) is 43.0 Å². The minimum atomic E-state index is -0.288. The van der Waals surface area contributed by atoms with Crippen LogP contribution in [0.4, 0.5) is 0 Å². The number of benzene rings is 1. The second-order valence-electron chi connectivity index (χ2n) is 4.18. The summed E-state index contributed by atoms with van der Waals surface area (Å²) in [5.41, 5.74) is 3.28. The highest BCUT2D eigenvalue weighted by Gasteiger charge is 2.12. The first-order valence-electron chi connectivity index (χ1n) is 6.40. The Balaban J connectivity index is 2.55. The number of hydrogen-bond donors (Lipinski definition) is 0. The van der Waals surface area contributed by atoms with Crippen molar-refractivity contribution in [2.45, 2.75) is 38.7 Å². The Morgan fingerprint density at radius 3 is 2.72 bits per heavy atom. The van der Waals surface area contributed by atoms with Crippen LogP contribution in [-0.4, -0.2) is 12.1 Å². The van der Waals surface area contributed by atoms with Gasteiger partial charge in [0, 0.05) is 0 Å². The van der Waals surface area contributed by atoms with Crippen molar-refractivity contribution in [1.29, 1.82) is 0 Å². The molecule has 0 aliphatic carbocycles. The number of hydrogen-bond acceptors (Lipinski definition) is 2. The maximum atomic E-state index is 11.9. The van der Waals surface area contributed by atoms with Crippen LogP contribution in [0.15, 0.2) is 48.7 Å². The largest absolute Gasteiger partial charge is 0.454 e. The number of unbranched alkanes of at least 4 members (excludes halogenated alkanes) is 2. The number of ether oxygens (including phenoxy) is 1. The average Bonchev–Trinajstić information content (AvgIpc) is 2.40. The zero-order valence-electron chi connectivity index (χ0n) is 10.9. The standard InChI is InChI=1S/C16H20O2/c1-3-5-7-13-15(10-4-2)18-16(17)14-11-8-6-9-12-14/h6,8-12,15H,2-3,5,7,13H2,1H3. The fourth-order valence-corrected chi connectivity index (χ4v) is 1.68. The van der Waals surface area contributed by atoms with Gasteiger partial charge in [-0.2, -0.15) is 0 Å². The molecule has 1 aromatic carbocycles. The van der Waals surface area contributed by atoms with Crippen LogP contribution >= 0.6 is 0 Å². The van der Waals surface area contributed by atoms with Gasteiger partial charge in [-0.25, -0.2) is 4.79 Å². The molecule has 0 heterocycles. The van der Waals surface area contributed by atoms with Crippen molar-refractivity contribution >= 4 is 5.97 Å². The third-order valence-corrected chi connectivity index (χ3v) is 2.66. The van der Waals surface area contributed by atoms with Gasteiger partial charge in [0.25, 0.3) is 0 Å². The summed E-state index contributed by atoms with van der Waals surface area (Å²) in [7, 11) is 0. The second kappa shape index (κ2) is 8.32. The molecule has 1 unspecified atom stereocenters. The SMILES string of the molecule is C=C=CC(CCCCC)OC(=O)c1ccccc1. The molecule has 0 fully saturated rings. The van der Waals surface area contributed by atoms with Crippen molar-refractivity contribution in [3.63, 3.8) is 0 Å². The van der Waals surface area contributed by atoms with Crippen LogP contribution in [0.5, 0.6) is 0 Å². The Kier molecular flexibility index (Phi) is 6.60. The number of carbonyl (C=O) groups excluding carboxylic acids is 1. The summed E-state index contributed by atoms with van der Waals surface area (Å²) in [5, 5.41) is 0. The molecule has 18 heavy (non-hydrogen) atoms. The molecule has 1 aromatic rings. The van der Waals surface area contributed by atoms with Gasteiger partial charge in [-0.05, 0) is 31.1 Å². The Morgan fingerprint density at radius 2 is 2.11 bits per heavy atom. The summed E-state index contributed by atoms with van der Waals surface area (Å²) in [5.74, 6) is -0.288. The van der Waals surface area contributed by atoms with Gasteiger partial charge in [-0.1, -0.05) is 44.5 Å². The predicted molar refractivity (Wildman–Crippen MR) is 73.5 cm³/mol. The molecule has 0 amide bonds. The van der Waals surface area contributed by atoms with Gasteiger partial charge < -0.3 is 4.74 Å². The number of carbonyl (C=O) groups is 1. The Bertz CT molecular complexity index is 402. The van der Waals surface area contributed by atoms with Crippen LogP contribution in [0.3, 0.4) is 0 Å². The molecule has 0 saturated carbocycles. The Morgan fingerprint density at radius 1 is 1.39 bits per heavy atom. The maximum absolute atomic E-state index is 11.9.